The predicted molar refractivity (Wildman–Crippen MR) is 45.1 cm³/mol. The van der Waals surface area contributed by atoms with E-state index in [0.717, 1.165) is 0 Å². The van der Waals surface area contributed by atoms with Gasteiger partial charge in [-0.3, -0.25) is 0 Å². The maximum Gasteiger partial charge on any atom is 0.207 e. The molecule has 0 aliphatic heterocycles. The van der Waals surface area contributed by atoms with E-state index in [1.807, 2.05) is 0 Å². The lowest BCUT2D eigenvalue weighted by Gasteiger charge is -2.09. The molecule has 0 unspecified atom stereocenters. The van der Waals surface area contributed by atoms with Crippen LogP contribution in [0, 0.1) is 0 Å². The molecule has 1 aromatic carbocycles. The number of ether oxygens (including phenoxy) is 1. The Hall–Kier alpha value is -1.78. The van der Waals surface area contributed by atoms with Crippen LogP contribution in [-0.4, -0.2) is 17.3 Å². The number of phenols is 2. The molecule has 0 fully saturated rings. The molecular formula is C7H10N2O3. The van der Waals surface area contributed by atoms with Gasteiger partial charge in [-0.2, -0.15) is 0 Å². The minimum Gasteiger partial charge on any atom is -0.503 e. The van der Waals surface area contributed by atoms with Gasteiger partial charge in [-0.05, 0) is 6.07 Å². The average molecular weight is 170 g/mol. The average Bonchev–Trinajstić information content (AvgIpc) is 2.02. The molecule has 0 atom stereocenters. The van der Waals surface area contributed by atoms with Gasteiger partial charge in [-0.1, -0.05) is 0 Å². The van der Waals surface area contributed by atoms with Crippen LogP contribution in [0.5, 0.6) is 17.2 Å². The first-order valence-electron chi connectivity index (χ1n) is 3.21. The number of anilines is 2. The van der Waals surface area contributed by atoms with Gasteiger partial charge in [0.15, 0.2) is 11.5 Å². The third kappa shape index (κ3) is 1.05. The Balaban J connectivity index is 3.42. The molecule has 0 saturated heterocycles. The van der Waals surface area contributed by atoms with E-state index >= 15 is 0 Å². The monoisotopic (exact) mass is 170 g/mol. The maximum atomic E-state index is 9.24. The van der Waals surface area contributed by atoms with Crippen molar-refractivity contribution in [2.75, 3.05) is 18.6 Å². The normalized spacial score (nSPS) is 9.75. The Kier molecular flexibility index (Phi) is 1.86. The molecule has 0 saturated carbocycles. The van der Waals surface area contributed by atoms with Crippen LogP contribution in [0.25, 0.3) is 0 Å². The smallest absolute Gasteiger partial charge is 0.207 e. The van der Waals surface area contributed by atoms with Crippen molar-refractivity contribution in [3.8, 4) is 17.2 Å². The van der Waals surface area contributed by atoms with Crippen LogP contribution in [0.3, 0.4) is 0 Å². The van der Waals surface area contributed by atoms with Crippen molar-refractivity contribution in [2.24, 2.45) is 0 Å². The lowest BCUT2D eigenvalue weighted by Crippen LogP contribution is -1.95. The van der Waals surface area contributed by atoms with E-state index in [9.17, 15) is 10.2 Å². The lowest BCUT2D eigenvalue weighted by molar-refractivity contribution is 0.347. The summed E-state index contributed by atoms with van der Waals surface area (Å²) in [4.78, 5) is 0. The topological polar surface area (TPSA) is 102 Å². The second-order valence-corrected chi connectivity index (χ2v) is 2.29. The van der Waals surface area contributed by atoms with Crippen molar-refractivity contribution in [1.29, 1.82) is 0 Å². The van der Waals surface area contributed by atoms with E-state index in [4.69, 9.17) is 11.5 Å². The number of hydrogen-bond acceptors (Lipinski definition) is 5. The van der Waals surface area contributed by atoms with Gasteiger partial charge in [0.2, 0.25) is 5.75 Å². The van der Waals surface area contributed by atoms with Crippen LogP contribution in [0.1, 0.15) is 0 Å². The predicted octanol–water partition coefficient (Wildman–Crippen LogP) is 0.271. The standard InChI is InChI=1S/C7H10N2O3/c1-12-7-5(10)3(8)2-4(9)6(7)11/h2,10-11H,8-9H2,1H3. The first-order chi connectivity index (χ1) is 5.57. The van der Waals surface area contributed by atoms with E-state index in [-0.39, 0.29) is 28.6 Å². The van der Waals surface area contributed by atoms with Gasteiger partial charge in [-0.25, -0.2) is 0 Å². The Morgan fingerprint density at radius 3 is 1.92 bits per heavy atom. The Labute approximate surface area is 69.2 Å². The summed E-state index contributed by atoms with van der Waals surface area (Å²) >= 11 is 0. The summed E-state index contributed by atoms with van der Waals surface area (Å²) in [6.45, 7) is 0. The van der Waals surface area contributed by atoms with Crippen molar-refractivity contribution < 1.29 is 14.9 Å². The largest absolute Gasteiger partial charge is 0.503 e. The number of phenolic OH excluding ortho intramolecular Hbond substituents is 2. The molecule has 6 N–H and O–H groups in total. The third-order valence-electron chi connectivity index (χ3n) is 1.49. The quantitative estimate of drug-likeness (QED) is 0.275. The fraction of sp³-hybridized carbons (Fsp3) is 0.143. The number of hydrogen-bond donors (Lipinski definition) is 4. The van der Waals surface area contributed by atoms with Crippen molar-refractivity contribution >= 4 is 11.4 Å². The SMILES string of the molecule is COc1c(O)c(N)cc(N)c1O. The minimum absolute atomic E-state index is 0.0714. The van der Waals surface area contributed by atoms with Crippen LogP contribution >= 0.6 is 0 Å². The van der Waals surface area contributed by atoms with Crippen LogP contribution in [0.4, 0.5) is 11.4 Å². The van der Waals surface area contributed by atoms with Gasteiger partial charge >= 0.3 is 0 Å². The molecule has 0 spiro atoms. The summed E-state index contributed by atoms with van der Waals surface area (Å²) in [5.74, 6) is -0.707. The molecule has 0 bridgehead atoms. The van der Waals surface area contributed by atoms with E-state index in [1.54, 1.807) is 0 Å². The lowest BCUT2D eigenvalue weighted by atomic mass is 10.2. The van der Waals surface area contributed by atoms with Gasteiger partial charge in [0.1, 0.15) is 0 Å². The molecule has 5 nitrogen and oxygen atoms in total. The first kappa shape index (κ1) is 8.32. The molecule has 0 radical (unpaired) electrons. The maximum absolute atomic E-state index is 9.24. The molecule has 5 heteroatoms. The number of nitrogens with two attached hydrogens (primary N) is 2. The Morgan fingerprint density at radius 2 is 1.58 bits per heavy atom. The molecule has 66 valence electrons. The summed E-state index contributed by atoms with van der Waals surface area (Å²) in [5.41, 5.74) is 10.8. The first-order valence-corrected chi connectivity index (χ1v) is 3.21. The number of methoxy groups -OCH3 is 1. The molecule has 1 rings (SSSR count). The van der Waals surface area contributed by atoms with E-state index in [1.165, 1.54) is 13.2 Å². The molecule has 0 heterocycles. The van der Waals surface area contributed by atoms with Gasteiger partial charge in [0, 0.05) is 0 Å². The Bertz CT molecular complexity index is 286. The van der Waals surface area contributed by atoms with Gasteiger partial charge in [0.25, 0.3) is 0 Å². The second kappa shape index (κ2) is 2.69. The van der Waals surface area contributed by atoms with Crippen molar-refractivity contribution in [1.82, 2.24) is 0 Å². The van der Waals surface area contributed by atoms with Gasteiger partial charge < -0.3 is 26.4 Å². The zero-order chi connectivity index (χ0) is 9.30. The molecule has 1 aromatic rings. The number of rotatable bonds is 1. The summed E-state index contributed by atoms with van der Waals surface area (Å²) in [7, 11) is 1.30. The van der Waals surface area contributed by atoms with E-state index < -0.39 is 0 Å². The highest BCUT2D eigenvalue weighted by molar-refractivity contribution is 5.74. The van der Waals surface area contributed by atoms with Gasteiger partial charge in [-0.15, -0.1) is 0 Å². The Morgan fingerprint density at radius 1 is 1.17 bits per heavy atom. The zero-order valence-corrected chi connectivity index (χ0v) is 6.53. The molecule has 0 amide bonds. The summed E-state index contributed by atoms with van der Waals surface area (Å²) in [5, 5.41) is 18.5. The highest BCUT2D eigenvalue weighted by atomic mass is 16.5. The summed E-state index contributed by atoms with van der Waals surface area (Å²) < 4.78 is 4.68. The van der Waals surface area contributed by atoms with Crippen LogP contribution in [0.2, 0.25) is 0 Å². The molecular weight excluding hydrogens is 160 g/mol. The van der Waals surface area contributed by atoms with Gasteiger partial charge in [0.05, 0.1) is 18.5 Å². The van der Waals surface area contributed by atoms with Crippen molar-refractivity contribution in [3.05, 3.63) is 6.07 Å². The van der Waals surface area contributed by atoms with Crippen LogP contribution < -0.4 is 16.2 Å². The van der Waals surface area contributed by atoms with E-state index in [0.29, 0.717) is 0 Å². The van der Waals surface area contributed by atoms with E-state index in [2.05, 4.69) is 4.74 Å². The van der Waals surface area contributed by atoms with Crippen molar-refractivity contribution in [2.45, 2.75) is 0 Å². The number of nitrogen functional groups attached to an aromatic ring is 2. The second-order valence-electron chi connectivity index (χ2n) is 2.29. The molecule has 0 aliphatic carbocycles. The van der Waals surface area contributed by atoms with Crippen LogP contribution in [0.15, 0.2) is 6.07 Å². The third-order valence-corrected chi connectivity index (χ3v) is 1.49. The van der Waals surface area contributed by atoms with Crippen molar-refractivity contribution in [3.63, 3.8) is 0 Å². The fourth-order valence-electron chi connectivity index (χ4n) is 0.872. The zero-order valence-electron chi connectivity index (χ0n) is 6.53. The number of benzene rings is 1. The summed E-state index contributed by atoms with van der Waals surface area (Å²) in [6.07, 6.45) is 0. The fourth-order valence-corrected chi connectivity index (χ4v) is 0.872. The minimum atomic E-state index is -0.302. The highest BCUT2D eigenvalue weighted by Crippen LogP contribution is 2.43. The number of aromatic hydroxyl groups is 2. The molecule has 0 aromatic heterocycles. The van der Waals surface area contributed by atoms with Crippen LogP contribution in [-0.2, 0) is 0 Å². The molecule has 0 aliphatic rings. The highest BCUT2D eigenvalue weighted by Gasteiger charge is 2.14. The summed E-state index contributed by atoms with van der Waals surface area (Å²) in [6, 6.07) is 1.26. The molecule has 12 heavy (non-hydrogen) atoms.